The summed E-state index contributed by atoms with van der Waals surface area (Å²) in [4.78, 5) is 41.8. The average Bonchev–Trinajstić information content (AvgIpc) is 3.06. The highest BCUT2D eigenvalue weighted by molar-refractivity contribution is 6.06. The molecule has 30 heavy (non-hydrogen) atoms. The number of benzene rings is 1. The number of amides is 4. The Bertz CT molecular complexity index is 760. The molecule has 2 heterocycles. The number of aryl methyl sites for hydroxylation is 1. The molecule has 0 spiro atoms. The Kier molecular flexibility index (Phi) is 6.70. The Balaban J connectivity index is 1.35. The van der Waals surface area contributed by atoms with Crippen LogP contribution in [0.2, 0.25) is 0 Å². The summed E-state index contributed by atoms with van der Waals surface area (Å²) < 4.78 is 0. The molecule has 6 heteroatoms. The third kappa shape index (κ3) is 4.68. The molecule has 3 aliphatic rings. The average molecular weight is 412 g/mol. The summed E-state index contributed by atoms with van der Waals surface area (Å²) >= 11 is 0. The van der Waals surface area contributed by atoms with Gasteiger partial charge in [0.2, 0.25) is 5.91 Å². The molecule has 2 atom stereocenters. The maximum atomic E-state index is 13.1. The van der Waals surface area contributed by atoms with E-state index in [0.717, 1.165) is 64.3 Å². The molecule has 1 aromatic carbocycles. The van der Waals surface area contributed by atoms with E-state index in [-0.39, 0.29) is 36.3 Å². The maximum Gasteiger partial charge on any atom is 0.325 e. The van der Waals surface area contributed by atoms with Crippen LogP contribution in [-0.4, -0.2) is 52.3 Å². The monoisotopic (exact) mass is 411 g/mol. The van der Waals surface area contributed by atoms with Gasteiger partial charge in [-0.15, -0.1) is 0 Å². The van der Waals surface area contributed by atoms with Gasteiger partial charge in [-0.2, -0.15) is 0 Å². The fraction of sp³-hybridized carbons (Fsp3) is 0.625. The van der Waals surface area contributed by atoms with Crippen molar-refractivity contribution in [1.29, 1.82) is 0 Å². The van der Waals surface area contributed by atoms with Crippen LogP contribution < -0.4 is 5.32 Å². The van der Waals surface area contributed by atoms with Gasteiger partial charge >= 0.3 is 6.03 Å². The van der Waals surface area contributed by atoms with E-state index in [9.17, 15) is 14.4 Å². The first-order valence-corrected chi connectivity index (χ1v) is 11.6. The highest BCUT2D eigenvalue weighted by atomic mass is 16.2. The zero-order chi connectivity index (χ0) is 20.9. The second kappa shape index (κ2) is 9.63. The van der Waals surface area contributed by atoms with E-state index in [4.69, 9.17) is 0 Å². The number of carbonyl (C=O) groups excluding carboxylic acids is 3. The van der Waals surface area contributed by atoms with E-state index in [1.807, 2.05) is 23.1 Å². The first-order valence-electron chi connectivity index (χ1n) is 11.6. The van der Waals surface area contributed by atoms with Crippen LogP contribution >= 0.6 is 0 Å². The molecule has 3 fully saturated rings. The molecule has 6 nitrogen and oxygen atoms in total. The third-order valence-corrected chi connectivity index (χ3v) is 6.93. The molecular formula is C24H33N3O3. The van der Waals surface area contributed by atoms with Crippen molar-refractivity contribution in [2.45, 2.75) is 88.8 Å². The molecule has 1 N–H and O–H groups in total. The van der Waals surface area contributed by atoms with E-state index in [2.05, 4.69) is 17.4 Å². The van der Waals surface area contributed by atoms with E-state index in [1.54, 1.807) is 0 Å². The van der Waals surface area contributed by atoms with Crippen molar-refractivity contribution in [1.82, 2.24) is 15.1 Å². The summed E-state index contributed by atoms with van der Waals surface area (Å²) in [6.45, 7) is 0.749. The van der Waals surface area contributed by atoms with Crippen molar-refractivity contribution >= 4 is 17.8 Å². The van der Waals surface area contributed by atoms with Gasteiger partial charge < -0.3 is 10.2 Å². The van der Waals surface area contributed by atoms with Crippen LogP contribution in [0.4, 0.5) is 4.79 Å². The lowest BCUT2D eigenvalue weighted by molar-refractivity contribution is -0.139. The Morgan fingerprint density at radius 1 is 0.967 bits per heavy atom. The lowest BCUT2D eigenvalue weighted by Gasteiger charge is -2.36. The number of nitrogens with zero attached hydrogens (tertiary/aromatic N) is 2. The minimum atomic E-state index is -0.705. The Labute approximate surface area is 179 Å². The molecule has 4 amide bonds. The van der Waals surface area contributed by atoms with Crippen LogP contribution in [0.15, 0.2) is 30.3 Å². The highest BCUT2D eigenvalue weighted by Crippen LogP contribution is 2.27. The molecule has 1 aromatic rings. The number of piperidine rings is 1. The Morgan fingerprint density at radius 2 is 1.70 bits per heavy atom. The second-order valence-electron chi connectivity index (χ2n) is 8.97. The fourth-order valence-corrected chi connectivity index (χ4v) is 5.27. The zero-order valence-electron chi connectivity index (χ0n) is 17.7. The number of rotatable bonds is 6. The van der Waals surface area contributed by atoms with Gasteiger partial charge in [0.15, 0.2) is 0 Å². The van der Waals surface area contributed by atoms with Crippen LogP contribution in [0.1, 0.15) is 69.8 Å². The molecule has 2 saturated heterocycles. The first kappa shape index (κ1) is 20.9. The van der Waals surface area contributed by atoms with Gasteiger partial charge in [0.1, 0.15) is 6.04 Å². The predicted molar refractivity (Wildman–Crippen MR) is 115 cm³/mol. The van der Waals surface area contributed by atoms with Crippen molar-refractivity contribution < 1.29 is 14.4 Å². The SMILES string of the molecule is O=C1N[C@H](CC(=O)N2CCCC[C@H]2CCc2ccccc2)C(=O)N1C1CCCCC1. The molecule has 0 aromatic heterocycles. The van der Waals surface area contributed by atoms with Crippen LogP contribution in [0.5, 0.6) is 0 Å². The van der Waals surface area contributed by atoms with Crippen LogP contribution in [0, 0.1) is 0 Å². The quantitative estimate of drug-likeness (QED) is 0.727. The van der Waals surface area contributed by atoms with E-state index < -0.39 is 6.04 Å². The molecule has 0 radical (unpaired) electrons. The van der Waals surface area contributed by atoms with Gasteiger partial charge in [0, 0.05) is 18.6 Å². The fourth-order valence-electron chi connectivity index (χ4n) is 5.27. The molecule has 2 aliphatic heterocycles. The Morgan fingerprint density at radius 3 is 2.47 bits per heavy atom. The van der Waals surface area contributed by atoms with E-state index >= 15 is 0 Å². The lowest BCUT2D eigenvalue weighted by atomic mass is 9.94. The normalized spacial score (nSPS) is 25.5. The van der Waals surface area contributed by atoms with Crippen LogP contribution in [0.3, 0.4) is 0 Å². The Hall–Kier alpha value is -2.37. The number of hydrogen-bond acceptors (Lipinski definition) is 3. The largest absolute Gasteiger partial charge is 0.340 e. The number of nitrogens with one attached hydrogen (secondary N) is 1. The topological polar surface area (TPSA) is 69.7 Å². The molecule has 0 unspecified atom stereocenters. The van der Waals surface area contributed by atoms with Crippen molar-refractivity contribution in [3.8, 4) is 0 Å². The number of likely N-dealkylation sites (tertiary alicyclic amines) is 1. The van der Waals surface area contributed by atoms with Gasteiger partial charge in [-0.05, 0) is 50.5 Å². The number of urea groups is 1. The zero-order valence-corrected chi connectivity index (χ0v) is 17.7. The van der Waals surface area contributed by atoms with Crippen molar-refractivity contribution in [2.75, 3.05) is 6.54 Å². The van der Waals surface area contributed by atoms with Crippen molar-refractivity contribution in [2.24, 2.45) is 0 Å². The van der Waals surface area contributed by atoms with Crippen molar-refractivity contribution in [3.63, 3.8) is 0 Å². The molecule has 1 saturated carbocycles. The smallest absolute Gasteiger partial charge is 0.325 e. The lowest BCUT2D eigenvalue weighted by Crippen LogP contribution is -2.47. The van der Waals surface area contributed by atoms with Gasteiger partial charge in [-0.25, -0.2) is 4.79 Å². The summed E-state index contributed by atoms with van der Waals surface area (Å²) in [6, 6.07) is 9.56. The summed E-state index contributed by atoms with van der Waals surface area (Å²) in [5.41, 5.74) is 1.29. The summed E-state index contributed by atoms with van der Waals surface area (Å²) in [5, 5.41) is 2.78. The molecule has 162 valence electrons. The number of hydrogen-bond donors (Lipinski definition) is 1. The standard InChI is InChI=1S/C24H33N3O3/c28-22(17-21-23(29)27(24(30)25-21)20-12-5-2-6-13-20)26-16-8-7-11-19(26)15-14-18-9-3-1-4-10-18/h1,3-4,9-10,19-21H,2,5-8,11-17H2,(H,25,30)/t19-,21+/m0/s1. The second-order valence-corrected chi connectivity index (χ2v) is 8.97. The van der Waals surface area contributed by atoms with Gasteiger partial charge in [-0.3, -0.25) is 14.5 Å². The van der Waals surface area contributed by atoms with Gasteiger partial charge in [0.05, 0.1) is 6.42 Å². The summed E-state index contributed by atoms with van der Waals surface area (Å²) in [6.07, 6.45) is 10.2. The minimum absolute atomic E-state index is 0.0000374. The van der Waals surface area contributed by atoms with Gasteiger partial charge in [-0.1, -0.05) is 49.6 Å². The predicted octanol–water partition coefficient (Wildman–Crippen LogP) is 3.64. The van der Waals surface area contributed by atoms with Crippen molar-refractivity contribution in [3.05, 3.63) is 35.9 Å². The van der Waals surface area contributed by atoms with Gasteiger partial charge in [0.25, 0.3) is 5.91 Å². The maximum absolute atomic E-state index is 13.1. The molecule has 1 aliphatic carbocycles. The first-order chi connectivity index (χ1) is 14.6. The van der Waals surface area contributed by atoms with Crippen LogP contribution in [-0.2, 0) is 16.0 Å². The third-order valence-electron chi connectivity index (χ3n) is 6.93. The van der Waals surface area contributed by atoms with E-state index in [0.29, 0.717) is 0 Å². The molecule has 4 rings (SSSR count). The number of imide groups is 1. The summed E-state index contributed by atoms with van der Waals surface area (Å²) in [5.74, 6) is -0.213. The van der Waals surface area contributed by atoms with E-state index in [1.165, 1.54) is 16.9 Å². The summed E-state index contributed by atoms with van der Waals surface area (Å²) in [7, 11) is 0. The molecule has 0 bridgehead atoms. The molecular weight excluding hydrogens is 378 g/mol. The number of carbonyl (C=O) groups is 3. The van der Waals surface area contributed by atoms with Crippen LogP contribution in [0.25, 0.3) is 0 Å². The highest BCUT2D eigenvalue weighted by Gasteiger charge is 2.43. The minimum Gasteiger partial charge on any atom is -0.340 e.